The summed E-state index contributed by atoms with van der Waals surface area (Å²) in [5.41, 5.74) is 0.845. The largest absolute Gasteiger partial charge is 0.322 e. The van der Waals surface area contributed by atoms with Crippen LogP contribution in [-0.2, 0) is 4.79 Å². The molecule has 2 nitrogen and oxygen atoms in total. The van der Waals surface area contributed by atoms with Gasteiger partial charge in [-0.1, -0.05) is 195 Å². The van der Waals surface area contributed by atoms with Gasteiger partial charge in [-0.15, -0.1) is 23.5 Å². The molecule has 3 rings (SSSR count). The van der Waals surface area contributed by atoms with Gasteiger partial charge in [0, 0.05) is 5.69 Å². The van der Waals surface area contributed by atoms with E-state index >= 15 is 0 Å². The molecule has 2 heterocycles. The number of anilines is 1. The Bertz CT molecular complexity index is 1010. The molecule has 0 bridgehead atoms. The van der Waals surface area contributed by atoms with Crippen molar-refractivity contribution in [2.45, 2.75) is 142 Å². The minimum Gasteiger partial charge on any atom is -0.322 e. The van der Waals surface area contributed by atoms with Crippen LogP contribution >= 0.6 is 70.6 Å². The first-order valence-electron chi connectivity index (χ1n) is 17.7. The molecular formula is C37H57NOS6. The fourth-order valence-corrected chi connectivity index (χ4v) is 13.7. The average Bonchev–Trinajstić information content (AvgIpc) is 3.71. The minimum atomic E-state index is -0.0126. The Labute approximate surface area is 301 Å². The second-order valence-corrected chi connectivity index (χ2v) is 19.2. The molecule has 0 aromatic heterocycles. The van der Waals surface area contributed by atoms with Gasteiger partial charge in [-0.25, -0.2) is 0 Å². The number of unbranched alkanes of at least 4 members (excludes halogenated alkanes) is 18. The summed E-state index contributed by atoms with van der Waals surface area (Å²) in [5.74, 6) is 2.42. The zero-order valence-corrected chi connectivity index (χ0v) is 32.8. The quantitative estimate of drug-likeness (QED) is 0.0952. The van der Waals surface area contributed by atoms with Crippen molar-refractivity contribution in [2.24, 2.45) is 0 Å². The minimum absolute atomic E-state index is 0.0126. The number of benzene rings is 1. The second-order valence-electron chi connectivity index (χ2n) is 11.9. The molecule has 2 aliphatic rings. The monoisotopic (exact) mass is 723 g/mol. The maximum absolute atomic E-state index is 12.9. The first kappa shape index (κ1) is 39.4. The Hall–Kier alpha value is 0.01000. The number of para-hydroxylation sites is 1. The molecule has 0 saturated carbocycles. The third kappa shape index (κ3) is 17.3. The van der Waals surface area contributed by atoms with Gasteiger partial charge in [0.15, 0.2) is 0 Å². The van der Waals surface area contributed by atoms with E-state index in [1.54, 1.807) is 23.5 Å². The first-order valence-corrected chi connectivity index (χ1v) is 23.0. The van der Waals surface area contributed by atoms with Crippen LogP contribution < -0.4 is 5.32 Å². The maximum Gasteiger partial charge on any atom is 0.262 e. The van der Waals surface area contributed by atoms with Crippen LogP contribution in [-0.4, -0.2) is 17.4 Å². The second kappa shape index (κ2) is 26.0. The van der Waals surface area contributed by atoms with Crippen molar-refractivity contribution in [3.8, 4) is 0 Å². The van der Waals surface area contributed by atoms with Crippen molar-refractivity contribution in [1.82, 2.24) is 0 Å². The van der Waals surface area contributed by atoms with Gasteiger partial charge in [0.1, 0.15) is 0 Å². The van der Waals surface area contributed by atoms with Crippen LogP contribution in [0.2, 0.25) is 0 Å². The Morgan fingerprint density at radius 1 is 0.578 bits per heavy atom. The van der Waals surface area contributed by atoms with E-state index in [1.165, 1.54) is 157 Å². The van der Waals surface area contributed by atoms with Crippen molar-refractivity contribution in [2.75, 3.05) is 16.8 Å². The molecule has 2 aliphatic heterocycles. The molecule has 0 radical (unpaired) electrons. The normalized spacial score (nSPS) is 14.9. The molecule has 0 spiro atoms. The van der Waals surface area contributed by atoms with Crippen LogP contribution in [0.1, 0.15) is 142 Å². The lowest BCUT2D eigenvalue weighted by Gasteiger charge is -2.06. The van der Waals surface area contributed by atoms with Crippen LogP contribution in [0.3, 0.4) is 0 Å². The highest BCUT2D eigenvalue weighted by atomic mass is 32.3. The lowest BCUT2D eigenvalue weighted by Crippen LogP contribution is -2.11. The molecule has 0 unspecified atom stereocenters. The van der Waals surface area contributed by atoms with Crippen molar-refractivity contribution in [3.63, 3.8) is 0 Å². The Kier molecular flexibility index (Phi) is 22.7. The van der Waals surface area contributed by atoms with Crippen molar-refractivity contribution in [3.05, 3.63) is 57.6 Å². The summed E-state index contributed by atoms with van der Waals surface area (Å²) in [6.07, 6.45) is 27.8. The van der Waals surface area contributed by atoms with E-state index in [4.69, 9.17) is 0 Å². The van der Waals surface area contributed by atoms with Gasteiger partial charge in [-0.2, -0.15) is 0 Å². The molecule has 0 saturated heterocycles. The van der Waals surface area contributed by atoms with Gasteiger partial charge < -0.3 is 5.32 Å². The van der Waals surface area contributed by atoms with E-state index in [0.29, 0.717) is 0 Å². The predicted octanol–water partition coefficient (Wildman–Crippen LogP) is 15.0. The standard InChI is InChI=1S/C37H57NOS6/c1-3-5-7-9-11-13-15-17-19-24-28-40-34-35(41-29-25-20-18-16-14-12-10-8-6-4-2)45-37(44-34)36-42-30-32(43-36)33(39)38-31-26-22-21-23-27-31/h21-23,26-27,30H,3-20,24-25,28-29H2,1-2H3,(H,38,39). The van der Waals surface area contributed by atoms with Gasteiger partial charge >= 0.3 is 0 Å². The number of hydrogen-bond donors (Lipinski definition) is 1. The summed E-state index contributed by atoms with van der Waals surface area (Å²) < 4.78 is 5.62. The number of rotatable bonds is 26. The summed E-state index contributed by atoms with van der Waals surface area (Å²) >= 11 is 11.4. The number of carbonyl (C=O) groups excluding carboxylic acids is 1. The number of amides is 1. The van der Waals surface area contributed by atoms with Crippen LogP contribution in [0.4, 0.5) is 5.69 Å². The maximum atomic E-state index is 12.9. The molecule has 0 fully saturated rings. The third-order valence-electron chi connectivity index (χ3n) is 7.90. The molecule has 1 aromatic carbocycles. The van der Waals surface area contributed by atoms with Crippen LogP contribution in [0, 0.1) is 0 Å². The summed E-state index contributed by atoms with van der Waals surface area (Å²) in [5, 5.41) is 5.07. The van der Waals surface area contributed by atoms with E-state index < -0.39 is 0 Å². The Morgan fingerprint density at radius 2 is 1.02 bits per heavy atom. The Morgan fingerprint density at radius 3 is 1.49 bits per heavy atom. The van der Waals surface area contributed by atoms with E-state index in [9.17, 15) is 4.79 Å². The van der Waals surface area contributed by atoms with E-state index in [-0.39, 0.29) is 5.91 Å². The van der Waals surface area contributed by atoms with Crippen molar-refractivity contribution >= 4 is 82.2 Å². The zero-order valence-electron chi connectivity index (χ0n) is 27.9. The van der Waals surface area contributed by atoms with Gasteiger partial charge in [0.25, 0.3) is 5.91 Å². The van der Waals surface area contributed by atoms with Gasteiger partial charge in [-0.3, -0.25) is 4.79 Å². The molecule has 1 aromatic rings. The number of thioether (sulfide) groups is 6. The highest BCUT2D eigenvalue weighted by Crippen LogP contribution is 2.62. The lowest BCUT2D eigenvalue weighted by atomic mass is 10.1. The molecule has 0 atom stereocenters. The van der Waals surface area contributed by atoms with Crippen LogP contribution in [0.25, 0.3) is 0 Å². The predicted molar refractivity (Wildman–Crippen MR) is 216 cm³/mol. The van der Waals surface area contributed by atoms with Crippen molar-refractivity contribution in [1.29, 1.82) is 0 Å². The topological polar surface area (TPSA) is 29.1 Å². The van der Waals surface area contributed by atoms with Gasteiger partial charge in [-0.05, 0) is 41.9 Å². The summed E-state index contributed by atoms with van der Waals surface area (Å²) in [4.78, 5) is 13.7. The highest BCUT2D eigenvalue weighted by Gasteiger charge is 2.29. The fourth-order valence-electron chi connectivity index (χ4n) is 5.20. The lowest BCUT2D eigenvalue weighted by molar-refractivity contribution is -0.112. The third-order valence-corrected chi connectivity index (χ3v) is 16.5. The zero-order chi connectivity index (χ0) is 31.8. The molecule has 1 N–H and O–H groups in total. The number of hydrogen-bond acceptors (Lipinski definition) is 7. The summed E-state index contributed by atoms with van der Waals surface area (Å²) in [6.45, 7) is 4.59. The number of nitrogens with one attached hydrogen (secondary N) is 1. The smallest absolute Gasteiger partial charge is 0.262 e. The average molecular weight is 724 g/mol. The molecular weight excluding hydrogens is 667 g/mol. The van der Waals surface area contributed by atoms with Crippen molar-refractivity contribution < 1.29 is 4.79 Å². The molecule has 0 aliphatic carbocycles. The number of carbonyl (C=O) groups is 1. The Balaban J connectivity index is 1.40. The summed E-state index contributed by atoms with van der Waals surface area (Å²) in [6, 6.07) is 9.75. The first-order chi connectivity index (χ1) is 22.2. The van der Waals surface area contributed by atoms with E-state index in [1.807, 2.05) is 59.3 Å². The molecule has 1 amide bonds. The van der Waals surface area contributed by atoms with Gasteiger partial charge in [0.2, 0.25) is 0 Å². The summed E-state index contributed by atoms with van der Waals surface area (Å²) in [7, 11) is 0. The van der Waals surface area contributed by atoms with E-state index in [2.05, 4.69) is 42.7 Å². The highest BCUT2D eigenvalue weighted by molar-refractivity contribution is 8.42. The molecule has 8 heteroatoms. The SMILES string of the molecule is CCCCCCCCCCCCSC1=C(SCCCCCCCCCCCC)SC(=C2SC=C(C(=O)Nc3ccccc3)S2)S1. The van der Waals surface area contributed by atoms with Gasteiger partial charge in [0.05, 0.1) is 21.9 Å². The van der Waals surface area contributed by atoms with Crippen LogP contribution in [0.5, 0.6) is 0 Å². The molecule has 252 valence electrons. The molecule has 45 heavy (non-hydrogen) atoms. The van der Waals surface area contributed by atoms with Crippen LogP contribution in [0.15, 0.2) is 57.6 Å². The fraction of sp³-hybridized carbons (Fsp3) is 0.649. The van der Waals surface area contributed by atoms with E-state index in [0.717, 1.165) is 10.6 Å².